The molecule has 140 valence electrons. The van der Waals surface area contributed by atoms with E-state index in [4.69, 9.17) is 25.6 Å². The van der Waals surface area contributed by atoms with Gasteiger partial charge in [0.25, 0.3) is 0 Å². The standard InChI is InChI=1S/C18H11ClN4O5/c19-11-4-2-1-3-9(11)16-21-15(28-22-16)7-23-17(24)10-5-13-14(27-8-26-13)6-12(10)20-18(23)25/h1-6,10H,7-8H2. The number of fused-ring (bicyclic) bond motifs is 2. The summed E-state index contributed by atoms with van der Waals surface area (Å²) in [5, 5.41) is 4.34. The predicted molar refractivity (Wildman–Crippen MR) is 94.8 cm³/mol. The van der Waals surface area contributed by atoms with Crippen LogP contribution in [0.5, 0.6) is 0 Å². The summed E-state index contributed by atoms with van der Waals surface area (Å²) in [6.45, 7) is -0.129. The Morgan fingerprint density at radius 1 is 1.18 bits per heavy atom. The smallest absolute Gasteiger partial charge is 0.351 e. The number of benzene rings is 1. The van der Waals surface area contributed by atoms with Crippen LogP contribution < -0.4 is 0 Å². The molecule has 3 aliphatic rings. The quantitative estimate of drug-likeness (QED) is 0.782. The SMILES string of the molecule is O=C1N=C2C=C3OCOC3=CC2C(=O)N1Cc1nc(-c2ccccc2Cl)no1. The van der Waals surface area contributed by atoms with Gasteiger partial charge in [-0.05, 0) is 18.2 Å². The molecule has 0 spiro atoms. The zero-order chi connectivity index (χ0) is 19.3. The fraction of sp³-hybridized carbons (Fsp3) is 0.167. The van der Waals surface area contributed by atoms with E-state index in [-0.39, 0.29) is 25.1 Å². The maximum atomic E-state index is 12.8. The lowest BCUT2D eigenvalue weighted by atomic mass is 9.94. The number of amides is 3. The minimum atomic E-state index is -0.732. The van der Waals surface area contributed by atoms with Crippen molar-refractivity contribution < 1.29 is 23.6 Å². The summed E-state index contributed by atoms with van der Waals surface area (Å²) in [6.07, 6.45) is 3.13. The number of hydrogen-bond acceptors (Lipinski definition) is 7. The number of carbonyl (C=O) groups excluding carboxylic acids is 2. The van der Waals surface area contributed by atoms with Gasteiger partial charge in [0.2, 0.25) is 24.4 Å². The van der Waals surface area contributed by atoms with Crippen LogP contribution in [0.4, 0.5) is 4.79 Å². The van der Waals surface area contributed by atoms with Crippen LogP contribution in [0.15, 0.2) is 57.5 Å². The molecule has 28 heavy (non-hydrogen) atoms. The number of urea groups is 1. The van der Waals surface area contributed by atoms with E-state index in [0.717, 1.165) is 4.90 Å². The highest BCUT2D eigenvalue weighted by atomic mass is 35.5. The molecule has 0 bridgehead atoms. The molecule has 1 saturated heterocycles. The predicted octanol–water partition coefficient (Wildman–Crippen LogP) is 2.70. The molecule has 0 radical (unpaired) electrons. The highest BCUT2D eigenvalue weighted by Crippen LogP contribution is 2.31. The third-order valence-corrected chi connectivity index (χ3v) is 4.78. The van der Waals surface area contributed by atoms with Crippen molar-refractivity contribution in [1.29, 1.82) is 0 Å². The lowest BCUT2D eigenvalue weighted by molar-refractivity contribution is -0.130. The second kappa shape index (κ2) is 6.31. The van der Waals surface area contributed by atoms with Crippen LogP contribution in [-0.4, -0.2) is 39.5 Å². The molecule has 2 aromatic rings. The Morgan fingerprint density at radius 2 is 2.00 bits per heavy atom. The number of hydrogen-bond donors (Lipinski definition) is 0. The summed E-state index contributed by atoms with van der Waals surface area (Å²) in [4.78, 5) is 34.4. The van der Waals surface area contributed by atoms with Gasteiger partial charge in [-0.1, -0.05) is 28.9 Å². The highest BCUT2D eigenvalue weighted by Gasteiger charge is 2.40. The first-order valence-corrected chi connectivity index (χ1v) is 8.69. The van der Waals surface area contributed by atoms with Gasteiger partial charge in [-0.25, -0.2) is 4.79 Å². The molecule has 3 amide bonds. The van der Waals surface area contributed by atoms with E-state index in [9.17, 15) is 9.59 Å². The monoisotopic (exact) mass is 398 g/mol. The molecule has 9 nitrogen and oxygen atoms in total. The number of imide groups is 1. The zero-order valence-electron chi connectivity index (χ0n) is 14.2. The third kappa shape index (κ3) is 2.67. The molecular formula is C18H11ClN4O5. The maximum absolute atomic E-state index is 12.8. The molecule has 1 atom stereocenters. The van der Waals surface area contributed by atoms with Gasteiger partial charge in [0.1, 0.15) is 12.5 Å². The molecule has 0 saturated carbocycles. The summed E-state index contributed by atoms with van der Waals surface area (Å²) in [7, 11) is 0. The maximum Gasteiger partial charge on any atom is 0.351 e. The van der Waals surface area contributed by atoms with Gasteiger partial charge in [0, 0.05) is 11.6 Å². The van der Waals surface area contributed by atoms with E-state index in [1.165, 1.54) is 0 Å². The minimum absolute atomic E-state index is 0.0658. The van der Waals surface area contributed by atoms with Gasteiger partial charge in [-0.3, -0.25) is 9.69 Å². The van der Waals surface area contributed by atoms with Crippen molar-refractivity contribution >= 4 is 29.3 Å². The Labute approximate surface area is 162 Å². The topological polar surface area (TPSA) is 107 Å². The van der Waals surface area contributed by atoms with Crippen molar-refractivity contribution in [2.45, 2.75) is 6.54 Å². The van der Waals surface area contributed by atoms with E-state index < -0.39 is 17.9 Å². The summed E-state index contributed by atoms with van der Waals surface area (Å²) in [5.74, 6) is 0.103. The number of carbonyl (C=O) groups is 2. The average Bonchev–Trinajstić information content (AvgIpc) is 3.33. The second-order valence-corrected chi connectivity index (χ2v) is 6.57. The Hall–Kier alpha value is -3.46. The Kier molecular flexibility index (Phi) is 3.76. The zero-order valence-corrected chi connectivity index (χ0v) is 14.9. The number of aliphatic imine (C=N–C) groups is 1. The van der Waals surface area contributed by atoms with E-state index >= 15 is 0 Å². The Morgan fingerprint density at radius 3 is 2.86 bits per heavy atom. The van der Waals surface area contributed by atoms with Crippen LogP contribution in [0.2, 0.25) is 5.02 Å². The first-order valence-electron chi connectivity index (χ1n) is 8.31. The van der Waals surface area contributed by atoms with Gasteiger partial charge in [-0.15, -0.1) is 0 Å². The van der Waals surface area contributed by atoms with Gasteiger partial charge in [-0.2, -0.15) is 9.98 Å². The van der Waals surface area contributed by atoms with E-state index in [1.807, 2.05) is 0 Å². The minimum Gasteiger partial charge on any atom is -0.454 e. The lowest BCUT2D eigenvalue weighted by Gasteiger charge is -2.27. The highest BCUT2D eigenvalue weighted by molar-refractivity contribution is 6.33. The molecule has 0 N–H and O–H groups in total. The van der Waals surface area contributed by atoms with E-state index in [2.05, 4.69) is 15.1 Å². The van der Waals surface area contributed by atoms with Gasteiger partial charge in [0.05, 0.1) is 10.7 Å². The van der Waals surface area contributed by atoms with Crippen LogP contribution in [0.25, 0.3) is 11.4 Å². The fourth-order valence-electron chi connectivity index (χ4n) is 3.09. The average molecular weight is 399 g/mol. The molecule has 1 aromatic heterocycles. The van der Waals surface area contributed by atoms with Crippen molar-refractivity contribution in [3.63, 3.8) is 0 Å². The molecule has 1 aliphatic carbocycles. The molecule has 2 aliphatic heterocycles. The van der Waals surface area contributed by atoms with Crippen molar-refractivity contribution in [1.82, 2.24) is 15.0 Å². The number of allylic oxidation sites excluding steroid dienone is 1. The third-order valence-electron chi connectivity index (χ3n) is 4.45. The van der Waals surface area contributed by atoms with Crippen molar-refractivity contribution in [3.05, 3.63) is 58.8 Å². The molecule has 5 rings (SSSR count). The van der Waals surface area contributed by atoms with Crippen molar-refractivity contribution in [2.75, 3.05) is 6.79 Å². The molecule has 3 heterocycles. The molecule has 1 unspecified atom stereocenters. The van der Waals surface area contributed by atoms with Crippen LogP contribution in [-0.2, 0) is 20.8 Å². The van der Waals surface area contributed by atoms with Gasteiger partial charge < -0.3 is 14.0 Å². The van der Waals surface area contributed by atoms with Crippen LogP contribution >= 0.6 is 11.6 Å². The first kappa shape index (κ1) is 16.7. The molecular weight excluding hydrogens is 388 g/mol. The lowest BCUT2D eigenvalue weighted by Crippen LogP contribution is -2.46. The fourth-order valence-corrected chi connectivity index (χ4v) is 3.31. The molecule has 10 heteroatoms. The second-order valence-electron chi connectivity index (χ2n) is 6.16. The summed E-state index contributed by atoms with van der Waals surface area (Å²) < 4.78 is 15.8. The summed E-state index contributed by atoms with van der Waals surface area (Å²) in [5.41, 5.74) is 0.904. The first-order chi connectivity index (χ1) is 13.6. The number of nitrogens with zero attached hydrogens (tertiary/aromatic N) is 4. The van der Waals surface area contributed by atoms with Crippen LogP contribution in [0.3, 0.4) is 0 Å². The summed E-state index contributed by atoms with van der Waals surface area (Å²) >= 11 is 6.13. The number of rotatable bonds is 3. The van der Waals surface area contributed by atoms with Crippen molar-refractivity contribution in [2.24, 2.45) is 10.9 Å². The van der Waals surface area contributed by atoms with Crippen LogP contribution in [0.1, 0.15) is 5.89 Å². The molecule has 1 aromatic carbocycles. The number of aromatic nitrogens is 2. The molecule has 1 fully saturated rings. The Bertz CT molecular complexity index is 1100. The normalized spacial score (nSPS) is 20.5. The van der Waals surface area contributed by atoms with Crippen molar-refractivity contribution in [3.8, 4) is 11.4 Å². The largest absolute Gasteiger partial charge is 0.454 e. The summed E-state index contributed by atoms with van der Waals surface area (Å²) in [6, 6.07) is 6.31. The van der Waals surface area contributed by atoms with Gasteiger partial charge in [0.15, 0.2) is 11.5 Å². The Balaban J connectivity index is 1.41. The number of ether oxygens (including phenoxy) is 2. The van der Waals surface area contributed by atoms with Crippen LogP contribution in [0, 0.1) is 5.92 Å². The van der Waals surface area contributed by atoms with E-state index in [0.29, 0.717) is 27.8 Å². The number of halogens is 1. The van der Waals surface area contributed by atoms with Gasteiger partial charge >= 0.3 is 6.03 Å². The van der Waals surface area contributed by atoms with E-state index in [1.54, 1.807) is 36.4 Å².